The first kappa shape index (κ1) is 7.94. The summed E-state index contributed by atoms with van der Waals surface area (Å²) in [5.41, 5.74) is 1.83. The third-order valence-electron chi connectivity index (χ3n) is 1.37. The lowest BCUT2D eigenvalue weighted by Gasteiger charge is -1.96. The molecule has 0 radical (unpaired) electrons. The highest BCUT2D eigenvalue weighted by Crippen LogP contribution is 2.02. The number of oxime groups is 1. The summed E-state index contributed by atoms with van der Waals surface area (Å²) in [4.78, 5) is 2.84. The predicted molar refractivity (Wildman–Crippen MR) is 45.7 cm³/mol. The number of aryl methyl sites for hydroxylation is 1. The number of nitrogens with zero attached hydrogens (tertiary/aromatic N) is 1. The number of nitrogens with one attached hydrogen (secondary N) is 1. The first-order valence-electron chi connectivity index (χ1n) is 3.11. The highest BCUT2D eigenvalue weighted by Gasteiger charge is 1.92. The molecule has 2 N–H and O–H groups in total. The minimum absolute atomic E-state index is 0.678. The second kappa shape index (κ2) is 3.30. The van der Waals surface area contributed by atoms with Gasteiger partial charge in [0.15, 0.2) is 0 Å². The molecule has 1 heterocycles. The molecular formula is C7H8N2OS. The Morgan fingerprint density at radius 2 is 2.45 bits per heavy atom. The molecule has 0 atom stereocenters. The molecule has 0 saturated carbocycles. The number of rotatable bonds is 1. The summed E-state index contributed by atoms with van der Waals surface area (Å²) in [5, 5.41) is 11.2. The number of aromatic amines is 1. The Kier molecular flexibility index (Phi) is 2.38. The highest BCUT2D eigenvalue weighted by atomic mass is 32.1. The fourth-order valence-corrected chi connectivity index (χ4v) is 1.02. The van der Waals surface area contributed by atoms with Crippen molar-refractivity contribution in [2.24, 2.45) is 5.16 Å². The number of hydrogen-bond donors (Lipinski definition) is 2. The molecule has 0 aromatic carbocycles. The van der Waals surface area contributed by atoms with Gasteiger partial charge in [0.05, 0.1) is 6.21 Å². The number of H-pyrrole nitrogens is 1. The van der Waals surface area contributed by atoms with Crippen molar-refractivity contribution in [2.75, 3.05) is 0 Å². The van der Waals surface area contributed by atoms with Crippen LogP contribution in [-0.4, -0.2) is 16.4 Å². The van der Waals surface area contributed by atoms with Crippen LogP contribution in [0.2, 0.25) is 0 Å². The van der Waals surface area contributed by atoms with E-state index >= 15 is 0 Å². The van der Waals surface area contributed by atoms with Gasteiger partial charge in [-0.3, -0.25) is 0 Å². The average Bonchev–Trinajstić information content (AvgIpc) is 1.95. The van der Waals surface area contributed by atoms with Crippen molar-refractivity contribution in [3.05, 3.63) is 28.0 Å². The van der Waals surface area contributed by atoms with Gasteiger partial charge in [0.25, 0.3) is 0 Å². The second-order valence-electron chi connectivity index (χ2n) is 2.18. The summed E-state index contributed by atoms with van der Waals surface area (Å²) in [5.74, 6) is 0. The van der Waals surface area contributed by atoms with E-state index in [4.69, 9.17) is 17.4 Å². The molecule has 11 heavy (non-hydrogen) atoms. The molecule has 0 saturated heterocycles. The molecule has 4 heteroatoms. The maximum absolute atomic E-state index is 8.24. The molecule has 0 amide bonds. The standard InChI is InChI=1S/C7H8N2OS/c1-5-2-7(11)8-3-6(5)4-9-10/h2-4,10H,1H3,(H,8,11)/b9-4+. The number of pyridine rings is 1. The van der Waals surface area contributed by atoms with Crippen LogP contribution in [0.25, 0.3) is 0 Å². The van der Waals surface area contributed by atoms with Crippen LogP contribution < -0.4 is 0 Å². The van der Waals surface area contributed by atoms with Gasteiger partial charge in [-0.2, -0.15) is 0 Å². The first-order valence-corrected chi connectivity index (χ1v) is 3.51. The lowest BCUT2D eigenvalue weighted by molar-refractivity contribution is 0.322. The fraction of sp³-hybridized carbons (Fsp3) is 0.143. The van der Waals surface area contributed by atoms with Crippen LogP contribution in [0.5, 0.6) is 0 Å². The van der Waals surface area contributed by atoms with E-state index in [1.165, 1.54) is 6.21 Å². The lowest BCUT2D eigenvalue weighted by atomic mass is 10.2. The highest BCUT2D eigenvalue weighted by molar-refractivity contribution is 7.71. The van der Waals surface area contributed by atoms with Gasteiger partial charge in [-0.05, 0) is 18.6 Å². The maximum Gasteiger partial charge on any atom is 0.103 e. The van der Waals surface area contributed by atoms with Gasteiger partial charge in [-0.25, -0.2) is 0 Å². The van der Waals surface area contributed by atoms with Gasteiger partial charge < -0.3 is 10.2 Å². The van der Waals surface area contributed by atoms with E-state index in [1.54, 1.807) is 6.20 Å². The molecule has 1 aromatic rings. The van der Waals surface area contributed by atoms with E-state index in [-0.39, 0.29) is 0 Å². The quantitative estimate of drug-likeness (QED) is 0.291. The predicted octanol–water partition coefficient (Wildman–Crippen LogP) is 1.86. The largest absolute Gasteiger partial charge is 0.411 e. The van der Waals surface area contributed by atoms with Gasteiger partial charge in [0.2, 0.25) is 0 Å². The topological polar surface area (TPSA) is 48.4 Å². The van der Waals surface area contributed by atoms with Gasteiger partial charge in [-0.1, -0.05) is 17.4 Å². The molecular weight excluding hydrogens is 160 g/mol. The van der Waals surface area contributed by atoms with E-state index in [1.807, 2.05) is 13.0 Å². The molecule has 0 aliphatic carbocycles. The smallest absolute Gasteiger partial charge is 0.103 e. The molecule has 3 nitrogen and oxygen atoms in total. The zero-order chi connectivity index (χ0) is 8.27. The van der Waals surface area contributed by atoms with Crippen LogP contribution in [0.4, 0.5) is 0 Å². The summed E-state index contributed by atoms with van der Waals surface area (Å²) in [6.07, 6.45) is 3.07. The Labute approximate surface area is 69.4 Å². The second-order valence-corrected chi connectivity index (χ2v) is 2.62. The first-order chi connectivity index (χ1) is 5.24. The monoisotopic (exact) mass is 168 g/mol. The zero-order valence-corrected chi connectivity index (χ0v) is 6.85. The van der Waals surface area contributed by atoms with E-state index in [0.29, 0.717) is 4.64 Å². The average molecular weight is 168 g/mol. The summed E-state index contributed by atoms with van der Waals surface area (Å²) in [6.45, 7) is 1.90. The summed E-state index contributed by atoms with van der Waals surface area (Å²) >= 11 is 4.88. The van der Waals surface area contributed by atoms with E-state index in [0.717, 1.165) is 11.1 Å². The fourth-order valence-electron chi connectivity index (χ4n) is 0.786. The van der Waals surface area contributed by atoms with Crippen LogP contribution in [0.3, 0.4) is 0 Å². The molecule has 0 unspecified atom stereocenters. The molecule has 0 spiro atoms. The SMILES string of the molecule is Cc1cc(=S)[nH]cc1/C=N/O. The summed E-state index contributed by atoms with van der Waals surface area (Å²) < 4.78 is 0.678. The molecule has 0 fully saturated rings. The zero-order valence-electron chi connectivity index (χ0n) is 6.03. The van der Waals surface area contributed by atoms with Crippen molar-refractivity contribution >= 4 is 18.4 Å². The molecule has 0 aliphatic rings. The number of hydrogen-bond acceptors (Lipinski definition) is 3. The summed E-state index contributed by atoms with van der Waals surface area (Å²) in [7, 11) is 0. The third kappa shape index (κ3) is 1.88. The van der Waals surface area contributed by atoms with Gasteiger partial charge in [0, 0.05) is 11.8 Å². The third-order valence-corrected chi connectivity index (χ3v) is 1.61. The molecule has 1 rings (SSSR count). The minimum Gasteiger partial charge on any atom is -0.411 e. The van der Waals surface area contributed by atoms with E-state index in [2.05, 4.69) is 10.1 Å². The van der Waals surface area contributed by atoms with Crippen molar-refractivity contribution in [1.82, 2.24) is 4.98 Å². The van der Waals surface area contributed by atoms with Gasteiger partial charge >= 0.3 is 0 Å². The molecule has 1 aromatic heterocycles. The summed E-state index contributed by atoms with van der Waals surface area (Å²) in [6, 6.07) is 1.81. The van der Waals surface area contributed by atoms with Crippen LogP contribution in [0.15, 0.2) is 17.4 Å². The number of aromatic nitrogens is 1. The lowest BCUT2D eigenvalue weighted by Crippen LogP contribution is -1.88. The minimum atomic E-state index is 0.678. The van der Waals surface area contributed by atoms with Crippen LogP contribution in [0.1, 0.15) is 11.1 Å². The van der Waals surface area contributed by atoms with Gasteiger partial charge in [-0.15, -0.1) is 0 Å². The Bertz CT molecular complexity index is 329. The van der Waals surface area contributed by atoms with Gasteiger partial charge in [0.1, 0.15) is 4.64 Å². The molecule has 58 valence electrons. The van der Waals surface area contributed by atoms with E-state index in [9.17, 15) is 0 Å². The van der Waals surface area contributed by atoms with Crippen molar-refractivity contribution in [3.63, 3.8) is 0 Å². The van der Waals surface area contributed by atoms with Crippen molar-refractivity contribution in [1.29, 1.82) is 0 Å². The van der Waals surface area contributed by atoms with Crippen molar-refractivity contribution < 1.29 is 5.21 Å². The maximum atomic E-state index is 8.24. The van der Waals surface area contributed by atoms with Crippen LogP contribution in [-0.2, 0) is 0 Å². The Morgan fingerprint density at radius 1 is 1.73 bits per heavy atom. The Morgan fingerprint density at radius 3 is 3.00 bits per heavy atom. The van der Waals surface area contributed by atoms with Crippen molar-refractivity contribution in [2.45, 2.75) is 6.92 Å². The van der Waals surface area contributed by atoms with Crippen LogP contribution in [0, 0.1) is 11.6 Å². The molecule has 0 bridgehead atoms. The van der Waals surface area contributed by atoms with Crippen molar-refractivity contribution in [3.8, 4) is 0 Å². The normalized spacial score (nSPS) is 10.6. The van der Waals surface area contributed by atoms with E-state index < -0.39 is 0 Å². The van der Waals surface area contributed by atoms with Crippen LogP contribution >= 0.6 is 12.2 Å². The Balaban J connectivity index is 3.19. The Hall–Kier alpha value is -1.16. The molecule has 0 aliphatic heterocycles.